The molecule has 1 N–H and O–H groups in total. The SMILES string of the molecule is COc1ccccc1NC(=[SH+])[N-]N=Cc1ccccn1.[Cu+2]. The van der Waals surface area contributed by atoms with Gasteiger partial charge in [0.15, 0.2) is 12.2 Å². The predicted octanol–water partition coefficient (Wildman–Crippen LogP) is 2.27. The summed E-state index contributed by atoms with van der Waals surface area (Å²) in [4.78, 5) is 4.10. The van der Waals surface area contributed by atoms with E-state index in [0.717, 1.165) is 11.4 Å². The van der Waals surface area contributed by atoms with Crippen molar-refractivity contribution in [2.45, 2.75) is 0 Å². The molecule has 0 atom stereocenters. The quantitative estimate of drug-likeness (QED) is 0.230. The normalized spacial score (nSPS) is 9.76. The fraction of sp³-hybridized carbons (Fsp3) is 0.0714. The van der Waals surface area contributed by atoms with Crippen LogP contribution in [0.3, 0.4) is 0 Å². The Balaban J connectivity index is 0.00000220. The summed E-state index contributed by atoms with van der Waals surface area (Å²) >= 11 is 4.22. The summed E-state index contributed by atoms with van der Waals surface area (Å²) < 4.78 is 5.22. The summed E-state index contributed by atoms with van der Waals surface area (Å²) in [6.07, 6.45) is 3.25. The topological polar surface area (TPSA) is 60.6 Å². The average molecular weight is 350 g/mol. The molecular weight excluding hydrogens is 336 g/mol. The number of aromatic nitrogens is 1. The number of hydrogen-bond acceptors (Lipinski definition) is 3. The molecule has 2 aromatic rings. The molecule has 21 heavy (non-hydrogen) atoms. The number of para-hydroxylation sites is 2. The van der Waals surface area contributed by atoms with Crippen LogP contribution >= 0.6 is 0 Å². The third-order valence-electron chi connectivity index (χ3n) is 2.38. The van der Waals surface area contributed by atoms with Gasteiger partial charge in [0.2, 0.25) is 5.11 Å². The van der Waals surface area contributed by atoms with Crippen LogP contribution < -0.4 is 10.1 Å². The largest absolute Gasteiger partial charge is 2.00 e. The first-order valence-electron chi connectivity index (χ1n) is 5.90. The molecule has 2 rings (SSSR count). The summed E-state index contributed by atoms with van der Waals surface area (Å²) in [5.74, 6) is 0.711. The van der Waals surface area contributed by atoms with Gasteiger partial charge in [0.05, 0.1) is 18.5 Å². The van der Waals surface area contributed by atoms with E-state index in [2.05, 4.69) is 33.0 Å². The molecule has 0 saturated heterocycles. The maximum atomic E-state index is 5.22. The van der Waals surface area contributed by atoms with Crippen molar-refractivity contribution >= 4 is 29.2 Å². The van der Waals surface area contributed by atoms with Crippen molar-refractivity contribution in [2.24, 2.45) is 5.10 Å². The molecule has 0 bridgehead atoms. The molecule has 1 aromatic heterocycles. The van der Waals surface area contributed by atoms with Crippen LogP contribution in [-0.2, 0) is 29.3 Å². The zero-order chi connectivity index (χ0) is 14.2. The van der Waals surface area contributed by atoms with Crippen molar-refractivity contribution in [1.29, 1.82) is 0 Å². The summed E-state index contributed by atoms with van der Waals surface area (Å²) in [6.45, 7) is 0. The monoisotopic (exact) mass is 349 g/mol. The van der Waals surface area contributed by atoms with Crippen LogP contribution in [0.2, 0.25) is 0 Å². The summed E-state index contributed by atoms with van der Waals surface area (Å²) in [5.41, 5.74) is 5.44. The Kier molecular flexibility index (Phi) is 7.39. The molecule has 111 valence electrons. The van der Waals surface area contributed by atoms with Gasteiger partial charge in [0, 0.05) is 12.4 Å². The molecule has 0 aliphatic carbocycles. The van der Waals surface area contributed by atoms with Gasteiger partial charge in [0.25, 0.3) is 0 Å². The maximum absolute atomic E-state index is 5.22. The number of nitrogens with zero attached hydrogens (tertiary/aromatic N) is 3. The van der Waals surface area contributed by atoms with E-state index in [1.165, 1.54) is 0 Å². The van der Waals surface area contributed by atoms with Crippen molar-refractivity contribution in [3.8, 4) is 5.75 Å². The Labute approximate surface area is 139 Å². The minimum Gasteiger partial charge on any atom is -0.510 e. The van der Waals surface area contributed by atoms with Crippen molar-refractivity contribution in [3.63, 3.8) is 0 Å². The van der Waals surface area contributed by atoms with E-state index in [9.17, 15) is 0 Å². The van der Waals surface area contributed by atoms with Crippen molar-refractivity contribution in [2.75, 3.05) is 12.4 Å². The summed E-state index contributed by atoms with van der Waals surface area (Å²) in [6, 6.07) is 13.1. The van der Waals surface area contributed by atoms with E-state index in [-0.39, 0.29) is 17.1 Å². The number of benzene rings is 1. The minimum atomic E-state index is 0. The van der Waals surface area contributed by atoms with E-state index in [1.54, 1.807) is 19.5 Å². The second kappa shape index (κ2) is 9.07. The Morgan fingerprint density at radius 2 is 2.05 bits per heavy atom. The molecule has 0 unspecified atom stereocenters. The Morgan fingerprint density at radius 1 is 1.29 bits per heavy atom. The van der Waals surface area contributed by atoms with Crippen LogP contribution in [0.5, 0.6) is 5.75 Å². The molecular formula is C14H14CuN4OS+2. The maximum Gasteiger partial charge on any atom is 2.00 e. The number of rotatable bonds is 4. The van der Waals surface area contributed by atoms with Gasteiger partial charge in [-0.25, -0.2) is 0 Å². The van der Waals surface area contributed by atoms with Gasteiger partial charge in [-0.05, 0) is 24.3 Å². The molecule has 1 radical (unpaired) electrons. The van der Waals surface area contributed by atoms with E-state index < -0.39 is 0 Å². The zero-order valence-electron chi connectivity index (χ0n) is 11.2. The van der Waals surface area contributed by atoms with Crippen molar-refractivity contribution < 1.29 is 21.8 Å². The number of pyridine rings is 1. The summed E-state index contributed by atoms with van der Waals surface area (Å²) in [7, 11) is 1.61. The predicted molar refractivity (Wildman–Crippen MR) is 85.6 cm³/mol. The number of nitrogens with one attached hydrogen (secondary N) is 1. The number of anilines is 1. The van der Waals surface area contributed by atoms with Crippen LogP contribution in [-0.4, -0.2) is 23.4 Å². The Morgan fingerprint density at radius 3 is 2.76 bits per heavy atom. The van der Waals surface area contributed by atoms with E-state index >= 15 is 0 Å². The van der Waals surface area contributed by atoms with Gasteiger partial charge in [-0.3, -0.25) is 4.98 Å². The second-order valence-electron chi connectivity index (χ2n) is 3.75. The molecule has 0 aliphatic heterocycles. The minimum absolute atomic E-state index is 0. The molecule has 0 amide bonds. The van der Waals surface area contributed by atoms with Gasteiger partial charge in [-0.2, -0.15) is 0 Å². The number of ether oxygens (including phenoxy) is 1. The molecule has 0 fully saturated rings. The van der Waals surface area contributed by atoms with Gasteiger partial charge in [-0.1, -0.05) is 18.2 Å². The van der Waals surface area contributed by atoms with Gasteiger partial charge in [0.1, 0.15) is 5.75 Å². The first-order chi connectivity index (χ1) is 9.79. The first kappa shape index (κ1) is 17.1. The number of thiol groups is 1. The second-order valence-corrected chi connectivity index (χ2v) is 4.17. The standard InChI is InChI=1S/C14H14N4OS.Cu/c1-19-13-8-3-2-7-12(13)17-14(20)18-16-10-11-6-4-5-9-15-11;/h2-10H,1H3,(H2,15,17,18,20);/q;+2. The van der Waals surface area contributed by atoms with Gasteiger partial charge >= 0.3 is 17.1 Å². The zero-order valence-corrected chi connectivity index (χ0v) is 13.0. The Bertz CT molecular complexity index is 607. The molecule has 0 saturated carbocycles. The molecule has 0 spiro atoms. The van der Waals surface area contributed by atoms with Gasteiger partial charge in [-0.15, -0.1) is 0 Å². The molecule has 1 heterocycles. The smallest absolute Gasteiger partial charge is 0.510 e. The van der Waals surface area contributed by atoms with E-state index in [1.807, 2.05) is 42.5 Å². The van der Waals surface area contributed by atoms with Crippen LogP contribution in [0.25, 0.3) is 5.43 Å². The number of hydrogen-bond donors (Lipinski definition) is 1. The van der Waals surface area contributed by atoms with Crippen molar-refractivity contribution in [3.05, 3.63) is 59.8 Å². The first-order valence-corrected chi connectivity index (χ1v) is 6.35. The fourth-order valence-corrected chi connectivity index (χ4v) is 1.66. The summed E-state index contributed by atoms with van der Waals surface area (Å²) in [5, 5.41) is 7.28. The third kappa shape index (κ3) is 5.51. The molecule has 1 aromatic carbocycles. The number of methoxy groups -OCH3 is 1. The van der Waals surface area contributed by atoms with E-state index in [4.69, 9.17) is 4.74 Å². The fourth-order valence-electron chi connectivity index (χ4n) is 1.49. The third-order valence-corrected chi connectivity index (χ3v) is 2.58. The molecule has 7 heteroatoms. The van der Waals surface area contributed by atoms with Gasteiger partial charge < -0.3 is 20.6 Å². The average Bonchev–Trinajstić information content (AvgIpc) is 2.49. The Hall–Kier alpha value is -1.95. The molecule has 5 nitrogen and oxygen atoms in total. The van der Waals surface area contributed by atoms with Crippen LogP contribution in [0.1, 0.15) is 5.69 Å². The molecule has 0 aliphatic rings. The van der Waals surface area contributed by atoms with Crippen LogP contribution in [0.4, 0.5) is 5.69 Å². The van der Waals surface area contributed by atoms with Crippen molar-refractivity contribution in [1.82, 2.24) is 4.98 Å². The van der Waals surface area contributed by atoms with E-state index in [0.29, 0.717) is 10.9 Å². The van der Waals surface area contributed by atoms with Crippen LogP contribution in [0, 0.1) is 0 Å². The van der Waals surface area contributed by atoms with Crippen LogP contribution in [0.15, 0.2) is 53.8 Å².